The molecule has 23 heavy (non-hydrogen) atoms. The largest absolute Gasteiger partial charge is 0.365 e. The zero-order chi connectivity index (χ0) is 16.8. The molecule has 6 nitrogen and oxygen atoms in total. The van der Waals surface area contributed by atoms with Crippen LogP contribution in [-0.4, -0.2) is 40.6 Å². The lowest BCUT2D eigenvalue weighted by Gasteiger charge is -2.48. The van der Waals surface area contributed by atoms with Gasteiger partial charge in [0.05, 0.1) is 6.54 Å². The van der Waals surface area contributed by atoms with E-state index in [1.807, 2.05) is 11.9 Å². The third-order valence-electron chi connectivity index (χ3n) is 4.22. The lowest BCUT2D eigenvalue weighted by molar-refractivity contribution is -0.122. The van der Waals surface area contributed by atoms with Crippen LogP contribution in [0.15, 0.2) is 23.7 Å². The lowest BCUT2D eigenvalue weighted by atomic mass is 10.1. The predicted octanol–water partition coefficient (Wildman–Crippen LogP) is 1.28. The SMILES string of the molecule is CCC1CN(C)C2=C(N[C@@](N)(Cl)NC2=O)N1Cc1ccc(C)s1. The smallest absolute Gasteiger partial charge is 0.275 e. The molecule has 8 heteroatoms. The molecule has 2 atom stereocenters. The van der Waals surface area contributed by atoms with Crippen LogP contribution in [0.4, 0.5) is 0 Å². The van der Waals surface area contributed by atoms with Crippen molar-refractivity contribution < 1.29 is 4.79 Å². The number of amides is 1. The van der Waals surface area contributed by atoms with Gasteiger partial charge in [-0.2, -0.15) is 0 Å². The molecule has 0 saturated carbocycles. The van der Waals surface area contributed by atoms with Crippen molar-refractivity contribution in [2.45, 2.75) is 38.1 Å². The summed E-state index contributed by atoms with van der Waals surface area (Å²) in [5, 5.41) is 4.19. The molecule has 0 aromatic carbocycles. The van der Waals surface area contributed by atoms with E-state index in [-0.39, 0.29) is 11.9 Å². The Bertz CT molecular complexity index is 656. The van der Waals surface area contributed by atoms with Crippen LogP contribution in [0.1, 0.15) is 23.1 Å². The van der Waals surface area contributed by atoms with Gasteiger partial charge in [-0.15, -0.1) is 11.3 Å². The Morgan fingerprint density at radius 1 is 1.48 bits per heavy atom. The Morgan fingerprint density at radius 2 is 2.22 bits per heavy atom. The van der Waals surface area contributed by atoms with E-state index in [1.54, 1.807) is 11.3 Å². The van der Waals surface area contributed by atoms with Gasteiger partial charge in [-0.1, -0.05) is 18.5 Å². The number of likely N-dealkylation sites (N-methyl/N-ethyl adjacent to an activating group) is 1. The number of alkyl halides is 1. The van der Waals surface area contributed by atoms with E-state index < -0.39 is 5.25 Å². The van der Waals surface area contributed by atoms with Crippen LogP contribution < -0.4 is 16.4 Å². The number of nitrogens with two attached hydrogens (primary N) is 1. The monoisotopic (exact) mass is 355 g/mol. The van der Waals surface area contributed by atoms with Crippen molar-refractivity contribution in [1.29, 1.82) is 0 Å². The number of hydrogen-bond donors (Lipinski definition) is 3. The topological polar surface area (TPSA) is 73.6 Å². The van der Waals surface area contributed by atoms with Gasteiger partial charge in [0.25, 0.3) is 5.91 Å². The second kappa shape index (κ2) is 5.89. The maximum Gasteiger partial charge on any atom is 0.275 e. The second-order valence-electron chi connectivity index (χ2n) is 6.07. The third kappa shape index (κ3) is 3.13. The van der Waals surface area contributed by atoms with E-state index in [0.29, 0.717) is 11.5 Å². The number of carbonyl (C=O) groups is 1. The average molecular weight is 356 g/mol. The maximum atomic E-state index is 12.4. The van der Waals surface area contributed by atoms with E-state index in [9.17, 15) is 4.79 Å². The van der Waals surface area contributed by atoms with Gasteiger partial charge in [-0.3, -0.25) is 10.5 Å². The summed E-state index contributed by atoms with van der Waals surface area (Å²) in [4.78, 5) is 19.1. The summed E-state index contributed by atoms with van der Waals surface area (Å²) in [6.07, 6.45) is 0.967. The zero-order valence-corrected chi connectivity index (χ0v) is 15.1. The lowest BCUT2D eigenvalue weighted by Crippen LogP contribution is -2.69. The van der Waals surface area contributed by atoms with E-state index in [4.69, 9.17) is 17.3 Å². The first-order valence-electron chi connectivity index (χ1n) is 7.66. The van der Waals surface area contributed by atoms with Gasteiger partial charge < -0.3 is 20.4 Å². The minimum Gasteiger partial charge on any atom is -0.365 e. The van der Waals surface area contributed by atoms with E-state index in [2.05, 4.69) is 41.5 Å². The molecule has 0 fully saturated rings. The van der Waals surface area contributed by atoms with Crippen molar-refractivity contribution in [2.75, 3.05) is 13.6 Å². The number of rotatable bonds is 3. The van der Waals surface area contributed by atoms with E-state index in [1.165, 1.54) is 9.75 Å². The molecule has 0 saturated heterocycles. The summed E-state index contributed by atoms with van der Waals surface area (Å²) in [5.41, 5.74) is 6.50. The highest BCUT2D eigenvalue weighted by Gasteiger charge is 2.42. The normalized spacial score (nSPS) is 27.7. The van der Waals surface area contributed by atoms with Crippen LogP contribution in [-0.2, 0) is 11.3 Å². The standard InChI is InChI=1S/C15H22ClN5OS/c1-4-10-7-20(3)12-13(18-15(16,17)19-14(12)22)21(10)8-11-6-5-9(2)23-11/h5-6,10,18H,4,7-8,17H2,1-3H3,(H,19,22)/t10?,15-/m0/s1. The van der Waals surface area contributed by atoms with Crippen LogP contribution in [0.5, 0.6) is 0 Å². The molecular weight excluding hydrogens is 334 g/mol. The molecule has 2 aliphatic heterocycles. The summed E-state index contributed by atoms with van der Waals surface area (Å²) in [6, 6.07) is 4.53. The van der Waals surface area contributed by atoms with Crippen molar-refractivity contribution in [3.8, 4) is 0 Å². The molecule has 4 N–H and O–H groups in total. The fourth-order valence-corrected chi connectivity index (χ4v) is 4.21. The number of nitrogens with zero attached hydrogens (tertiary/aromatic N) is 2. The first-order chi connectivity index (χ1) is 10.8. The van der Waals surface area contributed by atoms with Gasteiger partial charge in [0, 0.05) is 29.4 Å². The van der Waals surface area contributed by atoms with Crippen molar-refractivity contribution in [2.24, 2.45) is 5.73 Å². The third-order valence-corrected chi connectivity index (χ3v) is 5.40. The molecule has 3 rings (SSSR count). The highest BCUT2D eigenvalue weighted by molar-refractivity contribution is 7.11. The van der Waals surface area contributed by atoms with Crippen LogP contribution >= 0.6 is 22.9 Å². The molecule has 0 aliphatic carbocycles. The number of nitrogens with one attached hydrogen (secondary N) is 2. The van der Waals surface area contributed by atoms with Crippen LogP contribution in [0, 0.1) is 6.92 Å². The number of hydrogen-bond acceptors (Lipinski definition) is 6. The molecule has 0 radical (unpaired) electrons. The molecule has 1 amide bonds. The van der Waals surface area contributed by atoms with Crippen molar-refractivity contribution >= 4 is 28.8 Å². The first-order valence-corrected chi connectivity index (χ1v) is 8.86. The van der Waals surface area contributed by atoms with Crippen LogP contribution in [0.2, 0.25) is 0 Å². The Hall–Kier alpha value is -1.44. The maximum absolute atomic E-state index is 12.4. The molecule has 3 heterocycles. The molecule has 2 aliphatic rings. The van der Waals surface area contributed by atoms with Crippen molar-refractivity contribution in [3.05, 3.63) is 33.4 Å². The van der Waals surface area contributed by atoms with Gasteiger partial charge in [0.2, 0.25) is 5.25 Å². The highest BCUT2D eigenvalue weighted by Crippen LogP contribution is 2.30. The quantitative estimate of drug-likeness (QED) is 0.562. The highest BCUT2D eigenvalue weighted by atomic mass is 35.5. The van der Waals surface area contributed by atoms with Gasteiger partial charge in [0.1, 0.15) is 11.5 Å². The van der Waals surface area contributed by atoms with Gasteiger partial charge in [-0.25, -0.2) is 0 Å². The number of thiophene rings is 1. The number of aryl methyl sites for hydroxylation is 1. The van der Waals surface area contributed by atoms with Gasteiger partial charge in [0.15, 0.2) is 0 Å². The minimum absolute atomic E-state index is 0.249. The fraction of sp³-hybridized carbons (Fsp3) is 0.533. The molecular formula is C15H22ClN5OS. The van der Waals surface area contributed by atoms with Crippen LogP contribution in [0.25, 0.3) is 0 Å². The number of halogens is 1. The Kier molecular flexibility index (Phi) is 4.20. The summed E-state index contributed by atoms with van der Waals surface area (Å²) < 4.78 is 0. The first kappa shape index (κ1) is 16.4. The predicted molar refractivity (Wildman–Crippen MR) is 92.4 cm³/mol. The van der Waals surface area contributed by atoms with Gasteiger partial charge in [-0.05, 0) is 25.5 Å². The Balaban J connectivity index is 2.00. The molecule has 1 aromatic rings. The molecule has 126 valence electrons. The van der Waals surface area contributed by atoms with E-state index >= 15 is 0 Å². The second-order valence-corrected chi connectivity index (χ2v) is 8.04. The summed E-state index contributed by atoms with van der Waals surface area (Å²) in [6.45, 7) is 5.76. The summed E-state index contributed by atoms with van der Waals surface area (Å²) in [7, 11) is 1.92. The van der Waals surface area contributed by atoms with E-state index in [0.717, 1.165) is 19.5 Å². The fourth-order valence-electron chi connectivity index (χ4n) is 3.14. The average Bonchev–Trinajstić information content (AvgIpc) is 2.85. The molecule has 1 unspecified atom stereocenters. The zero-order valence-electron chi connectivity index (χ0n) is 13.5. The van der Waals surface area contributed by atoms with Crippen LogP contribution in [0.3, 0.4) is 0 Å². The van der Waals surface area contributed by atoms with Gasteiger partial charge >= 0.3 is 0 Å². The molecule has 1 aromatic heterocycles. The van der Waals surface area contributed by atoms with Crippen molar-refractivity contribution in [3.63, 3.8) is 0 Å². The Labute approximate surface area is 145 Å². The van der Waals surface area contributed by atoms with Crippen molar-refractivity contribution in [1.82, 2.24) is 20.4 Å². The number of carbonyl (C=O) groups excluding carboxylic acids is 1. The minimum atomic E-state index is -1.46. The summed E-state index contributed by atoms with van der Waals surface area (Å²) in [5.74, 6) is 0.457. The Morgan fingerprint density at radius 3 is 2.83 bits per heavy atom. The summed E-state index contributed by atoms with van der Waals surface area (Å²) >= 11 is 7.92. The molecule has 0 spiro atoms. The molecule has 0 bridgehead atoms.